The SMILES string of the molecule is C.CC.CC.Cc1ccccc1.Cc1ccsc1C. The van der Waals surface area contributed by atoms with Crippen molar-refractivity contribution in [2.24, 2.45) is 0 Å². The van der Waals surface area contributed by atoms with Crippen LogP contribution in [-0.4, -0.2) is 0 Å². The smallest absolute Gasteiger partial charge is 0.00433 e. The van der Waals surface area contributed by atoms with E-state index in [0.29, 0.717) is 0 Å². The maximum atomic E-state index is 2.14. The normalized spacial score (nSPS) is 7.32. The Balaban J connectivity index is -0.000000205. The summed E-state index contributed by atoms with van der Waals surface area (Å²) in [5.41, 5.74) is 2.73. The van der Waals surface area contributed by atoms with Gasteiger partial charge in [-0.1, -0.05) is 71.0 Å². The highest BCUT2D eigenvalue weighted by atomic mass is 32.1. The molecular weight excluding hydrogens is 248 g/mol. The highest BCUT2D eigenvalue weighted by Gasteiger charge is 1.87. The topological polar surface area (TPSA) is 0 Å². The summed E-state index contributed by atoms with van der Waals surface area (Å²) in [5.74, 6) is 0. The van der Waals surface area contributed by atoms with Gasteiger partial charge in [-0.3, -0.25) is 0 Å². The van der Waals surface area contributed by atoms with Crippen LogP contribution in [0.2, 0.25) is 0 Å². The lowest BCUT2D eigenvalue weighted by Crippen LogP contribution is -1.62. The third-order valence-corrected chi connectivity index (χ3v) is 3.01. The minimum absolute atomic E-state index is 0. The van der Waals surface area contributed by atoms with Gasteiger partial charge in [0.05, 0.1) is 0 Å². The summed E-state index contributed by atoms with van der Waals surface area (Å²) in [4.78, 5) is 1.43. The summed E-state index contributed by atoms with van der Waals surface area (Å²) in [6.07, 6.45) is 0. The van der Waals surface area contributed by atoms with Crippen LogP contribution < -0.4 is 0 Å². The van der Waals surface area contributed by atoms with Gasteiger partial charge >= 0.3 is 0 Å². The second-order valence-electron chi connectivity index (χ2n) is 3.31. The molecule has 0 fully saturated rings. The van der Waals surface area contributed by atoms with Crippen molar-refractivity contribution in [2.45, 2.75) is 55.9 Å². The van der Waals surface area contributed by atoms with Gasteiger partial charge < -0.3 is 0 Å². The predicted molar refractivity (Wildman–Crippen MR) is 94.4 cm³/mol. The van der Waals surface area contributed by atoms with Crippen molar-refractivity contribution in [3.8, 4) is 0 Å². The molecule has 0 aliphatic carbocycles. The summed E-state index contributed by atoms with van der Waals surface area (Å²) >= 11 is 1.80. The van der Waals surface area contributed by atoms with E-state index in [4.69, 9.17) is 0 Å². The van der Waals surface area contributed by atoms with Crippen molar-refractivity contribution in [3.63, 3.8) is 0 Å². The Morgan fingerprint density at radius 2 is 1.21 bits per heavy atom. The quantitative estimate of drug-likeness (QED) is 0.485. The first-order valence-corrected chi connectivity index (χ1v) is 7.60. The molecule has 0 unspecified atom stereocenters. The number of hydrogen-bond donors (Lipinski definition) is 0. The first-order valence-electron chi connectivity index (χ1n) is 6.72. The molecular formula is C18H32S. The molecule has 19 heavy (non-hydrogen) atoms. The highest BCUT2D eigenvalue weighted by molar-refractivity contribution is 7.10. The van der Waals surface area contributed by atoms with E-state index in [2.05, 4.69) is 44.4 Å². The molecule has 1 heteroatoms. The standard InChI is InChI=1S/C7H8.C6H8S.2C2H6.CH4/c1-7-5-3-2-4-6-7;1-5-3-4-7-6(5)2;2*1-2;/h2-6H,1H3;3-4H,1-2H3;2*1-2H3;1H4. The Labute approximate surface area is 125 Å². The molecule has 0 saturated carbocycles. The van der Waals surface area contributed by atoms with Crippen LogP contribution in [0.25, 0.3) is 0 Å². The predicted octanol–water partition coefficient (Wildman–Crippen LogP) is 7.05. The van der Waals surface area contributed by atoms with Gasteiger partial charge in [0.25, 0.3) is 0 Å². The molecule has 0 aliphatic heterocycles. The van der Waals surface area contributed by atoms with Crippen LogP contribution in [0.4, 0.5) is 0 Å². The summed E-state index contributed by atoms with van der Waals surface area (Å²) in [6.45, 7) is 14.4. The van der Waals surface area contributed by atoms with E-state index < -0.39 is 0 Å². The number of rotatable bonds is 0. The third-order valence-electron chi connectivity index (χ3n) is 2.06. The molecule has 1 aromatic heterocycles. The Bertz CT molecular complexity index is 344. The second kappa shape index (κ2) is 16.9. The Kier molecular flexibility index (Phi) is 20.5. The molecule has 0 saturated heterocycles. The van der Waals surface area contributed by atoms with E-state index in [1.165, 1.54) is 16.0 Å². The fraction of sp³-hybridized carbons (Fsp3) is 0.444. The summed E-state index contributed by atoms with van der Waals surface area (Å²) in [5, 5.41) is 2.12. The number of aryl methyl sites for hydroxylation is 3. The van der Waals surface area contributed by atoms with E-state index in [-0.39, 0.29) is 7.43 Å². The van der Waals surface area contributed by atoms with E-state index in [0.717, 1.165) is 0 Å². The maximum Gasteiger partial charge on any atom is 0.00433 e. The van der Waals surface area contributed by atoms with E-state index in [1.54, 1.807) is 11.3 Å². The lowest BCUT2D eigenvalue weighted by molar-refractivity contribution is 1.44. The highest BCUT2D eigenvalue weighted by Crippen LogP contribution is 2.12. The van der Waals surface area contributed by atoms with Gasteiger partial charge in [-0.05, 0) is 37.8 Å². The van der Waals surface area contributed by atoms with E-state index in [1.807, 2.05) is 45.9 Å². The molecule has 1 aromatic carbocycles. The van der Waals surface area contributed by atoms with Crippen LogP contribution in [0.5, 0.6) is 0 Å². The Hall–Kier alpha value is -1.08. The van der Waals surface area contributed by atoms with Gasteiger partial charge in [0.1, 0.15) is 0 Å². The average Bonchev–Trinajstić information content (AvgIpc) is 2.80. The third kappa shape index (κ3) is 13.2. The van der Waals surface area contributed by atoms with Gasteiger partial charge in [0.2, 0.25) is 0 Å². The average molecular weight is 281 g/mol. The first-order chi connectivity index (χ1) is 8.70. The molecule has 0 aliphatic rings. The van der Waals surface area contributed by atoms with Gasteiger partial charge in [-0.25, -0.2) is 0 Å². The molecule has 0 bridgehead atoms. The maximum absolute atomic E-state index is 2.14. The van der Waals surface area contributed by atoms with E-state index >= 15 is 0 Å². The van der Waals surface area contributed by atoms with Crippen LogP contribution >= 0.6 is 11.3 Å². The van der Waals surface area contributed by atoms with Crippen molar-refractivity contribution >= 4 is 11.3 Å². The molecule has 0 radical (unpaired) electrons. The minimum atomic E-state index is 0. The number of benzene rings is 1. The van der Waals surface area contributed by atoms with Crippen LogP contribution in [0.3, 0.4) is 0 Å². The lowest BCUT2D eigenvalue weighted by Gasteiger charge is -1.82. The monoisotopic (exact) mass is 280 g/mol. The molecule has 0 N–H and O–H groups in total. The molecule has 2 rings (SSSR count). The summed E-state index contributed by atoms with van der Waals surface area (Å²) in [6, 6.07) is 12.4. The molecule has 110 valence electrons. The Morgan fingerprint density at radius 1 is 0.737 bits per heavy atom. The van der Waals surface area contributed by atoms with Gasteiger partial charge in [-0.2, -0.15) is 0 Å². The van der Waals surface area contributed by atoms with Crippen LogP contribution in [0, 0.1) is 20.8 Å². The fourth-order valence-electron chi connectivity index (χ4n) is 0.983. The van der Waals surface area contributed by atoms with Crippen LogP contribution in [0.1, 0.15) is 51.1 Å². The summed E-state index contributed by atoms with van der Waals surface area (Å²) < 4.78 is 0. The number of hydrogen-bond acceptors (Lipinski definition) is 1. The van der Waals surface area contributed by atoms with Crippen molar-refractivity contribution < 1.29 is 0 Å². The van der Waals surface area contributed by atoms with Crippen molar-refractivity contribution in [3.05, 3.63) is 57.8 Å². The molecule has 0 spiro atoms. The molecule has 0 nitrogen and oxygen atoms in total. The van der Waals surface area contributed by atoms with Gasteiger partial charge in [0.15, 0.2) is 0 Å². The summed E-state index contributed by atoms with van der Waals surface area (Å²) in [7, 11) is 0. The zero-order valence-corrected chi connectivity index (χ0v) is 13.8. The fourth-order valence-corrected chi connectivity index (χ4v) is 1.71. The van der Waals surface area contributed by atoms with Gasteiger partial charge in [0, 0.05) is 4.88 Å². The van der Waals surface area contributed by atoms with E-state index in [9.17, 15) is 0 Å². The zero-order chi connectivity index (χ0) is 14.4. The largest absolute Gasteiger partial charge is 0.149 e. The van der Waals surface area contributed by atoms with Crippen LogP contribution in [0.15, 0.2) is 41.8 Å². The second-order valence-corrected chi connectivity index (χ2v) is 4.43. The van der Waals surface area contributed by atoms with Crippen LogP contribution in [-0.2, 0) is 0 Å². The van der Waals surface area contributed by atoms with Gasteiger partial charge in [-0.15, -0.1) is 11.3 Å². The first kappa shape index (κ1) is 23.0. The molecule has 2 aromatic rings. The lowest BCUT2D eigenvalue weighted by atomic mass is 10.2. The van der Waals surface area contributed by atoms with Crippen molar-refractivity contribution in [1.82, 2.24) is 0 Å². The van der Waals surface area contributed by atoms with Crippen molar-refractivity contribution in [1.29, 1.82) is 0 Å². The molecule has 0 atom stereocenters. The zero-order valence-electron chi connectivity index (χ0n) is 12.9. The van der Waals surface area contributed by atoms with Crippen molar-refractivity contribution in [2.75, 3.05) is 0 Å². The molecule has 0 amide bonds. The number of thiophene rings is 1. The molecule has 1 heterocycles. The Morgan fingerprint density at radius 3 is 1.37 bits per heavy atom. The minimum Gasteiger partial charge on any atom is -0.149 e.